The van der Waals surface area contributed by atoms with Crippen molar-refractivity contribution >= 4 is 10.2 Å². The molecule has 0 bridgehead atoms. The summed E-state index contributed by atoms with van der Waals surface area (Å²) in [6.07, 6.45) is 2.92. The Morgan fingerprint density at radius 1 is 1.37 bits per heavy atom. The van der Waals surface area contributed by atoms with Crippen LogP contribution in [-0.4, -0.2) is 58.2 Å². The maximum Gasteiger partial charge on any atom is 0.279 e. The van der Waals surface area contributed by atoms with Gasteiger partial charge in [0, 0.05) is 32.8 Å². The summed E-state index contributed by atoms with van der Waals surface area (Å²) in [4.78, 5) is 0. The molecule has 1 atom stereocenters. The van der Waals surface area contributed by atoms with Crippen molar-refractivity contribution in [1.29, 1.82) is 0 Å². The zero-order valence-electron chi connectivity index (χ0n) is 12.4. The monoisotopic (exact) mass is 293 g/mol. The van der Waals surface area contributed by atoms with Gasteiger partial charge in [-0.15, -0.1) is 0 Å². The van der Waals surface area contributed by atoms with Gasteiger partial charge in [0.05, 0.1) is 5.60 Å². The van der Waals surface area contributed by atoms with Crippen molar-refractivity contribution in [3.05, 3.63) is 0 Å². The van der Waals surface area contributed by atoms with Crippen LogP contribution in [0.2, 0.25) is 0 Å². The molecule has 1 heterocycles. The van der Waals surface area contributed by atoms with E-state index in [0.29, 0.717) is 13.1 Å². The average Bonchev–Trinajstić information content (AvgIpc) is 2.38. The van der Waals surface area contributed by atoms with Gasteiger partial charge in [0.25, 0.3) is 10.2 Å². The van der Waals surface area contributed by atoms with E-state index in [4.69, 9.17) is 4.74 Å². The molecule has 0 aliphatic carbocycles. The van der Waals surface area contributed by atoms with Crippen molar-refractivity contribution in [3.8, 4) is 0 Å². The first-order valence-electron chi connectivity index (χ1n) is 6.78. The Hall–Kier alpha value is -0.210. The van der Waals surface area contributed by atoms with E-state index in [1.807, 2.05) is 20.9 Å². The summed E-state index contributed by atoms with van der Waals surface area (Å²) in [7, 11) is -0.00423. The molecule has 6 nitrogen and oxygen atoms in total. The number of likely N-dealkylation sites (N-methyl/N-ethyl adjacent to an activating group) is 1. The van der Waals surface area contributed by atoms with Gasteiger partial charge in [-0.2, -0.15) is 17.4 Å². The standard InChI is InChI=1S/C12H27N3O3S/c1-12(2,18-4)10-14-19(16,17)15-8-6-5-7-11(15)9-13-3/h11,13-14H,5-10H2,1-4H3. The molecule has 0 aromatic carbocycles. The topological polar surface area (TPSA) is 70.7 Å². The molecule has 19 heavy (non-hydrogen) atoms. The summed E-state index contributed by atoms with van der Waals surface area (Å²) >= 11 is 0. The summed E-state index contributed by atoms with van der Waals surface area (Å²) in [6.45, 7) is 5.27. The minimum absolute atomic E-state index is 0.0434. The van der Waals surface area contributed by atoms with Crippen molar-refractivity contribution < 1.29 is 13.2 Å². The fourth-order valence-corrected chi connectivity index (χ4v) is 3.79. The van der Waals surface area contributed by atoms with E-state index >= 15 is 0 Å². The summed E-state index contributed by atoms with van der Waals surface area (Å²) in [5.41, 5.74) is -0.499. The van der Waals surface area contributed by atoms with Crippen LogP contribution in [0.25, 0.3) is 0 Å². The van der Waals surface area contributed by atoms with Crippen LogP contribution in [0.5, 0.6) is 0 Å². The van der Waals surface area contributed by atoms with Gasteiger partial charge in [-0.25, -0.2) is 0 Å². The zero-order valence-corrected chi connectivity index (χ0v) is 13.2. The van der Waals surface area contributed by atoms with Crippen LogP contribution in [0.1, 0.15) is 33.1 Å². The van der Waals surface area contributed by atoms with Gasteiger partial charge in [-0.05, 0) is 33.7 Å². The average molecular weight is 293 g/mol. The van der Waals surface area contributed by atoms with Crippen LogP contribution in [0, 0.1) is 0 Å². The highest BCUT2D eigenvalue weighted by atomic mass is 32.2. The Kier molecular flexibility index (Phi) is 6.19. The molecule has 1 saturated heterocycles. The molecule has 0 aromatic heterocycles. The first-order chi connectivity index (χ1) is 8.82. The number of ether oxygens (including phenoxy) is 1. The molecule has 0 saturated carbocycles. The maximum atomic E-state index is 12.4. The lowest BCUT2D eigenvalue weighted by Crippen LogP contribution is -2.54. The molecule has 0 amide bonds. The van der Waals surface area contributed by atoms with Crippen LogP contribution in [-0.2, 0) is 14.9 Å². The number of nitrogens with zero attached hydrogens (tertiary/aromatic N) is 1. The SMILES string of the molecule is CNCC1CCCCN1S(=O)(=O)NCC(C)(C)OC. The van der Waals surface area contributed by atoms with Gasteiger partial charge in [0.1, 0.15) is 0 Å². The van der Waals surface area contributed by atoms with Crippen LogP contribution in [0.15, 0.2) is 0 Å². The normalized spacial score (nSPS) is 22.6. The molecule has 114 valence electrons. The van der Waals surface area contributed by atoms with E-state index < -0.39 is 15.8 Å². The first-order valence-corrected chi connectivity index (χ1v) is 8.22. The highest BCUT2D eigenvalue weighted by Crippen LogP contribution is 2.19. The first kappa shape index (κ1) is 16.8. The smallest absolute Gasteiger partial charge is 0.279 e. The van der Waals surface area contributed by atoms with Crippen LogP contribution < -0.4 is 10.0 Å². The predicted molar refractivity (Wildman–Crippen MR) is 76.3 cm³/mol. The molecular formula is C12H27N3O3S. The van der Waals surface area contributed by atoms with Gasteiger partial charge < -0.3 is 10.1 Å². The Morgan fingerprint density at radius 2 is 2.05 bits per heavy atom. The molecular weight excluding hydrogens is 266 g/mol. The maximum absolute atomic E-state index is 12.4. The van der Waals surface area contributed by atoms with E-state index in [1.165, 1.54) is 0 Å². The summed E-state index contributed by atoms with van der Waals surface area (Å²) in [5, 5.41) is 3.06. The van der Waals surface area contributed by atoms with Gasteiger partial charge in [0.2, 0.25) is 0 Å². The van der Waals surface area contributed by atoms with Gasteiger partial charge in [0.15, 0.2) is 0 Å². The number of nitrogens with one attached hydrogen (secondary N) is 2. The van der Waals surface area contributed by atoms with Crippen LogP contribution in [0.4, 0.5) is 0 Å². The molecule has 1 aliphatic rings. The molecule has 7 heteroatoms. The number of piperidine rings is 1. The summed E-state index contributed by atoms with van der Waals surface area (Å²) < 4.78 is 34.2. The van der Waals surface area contributed by atoms with Gasteiger partial charge >= 0.3 is 0 Å². The third-order valence-electron chi connectivity index (χ3n) is 3.55. The minimum atomic E-state index is -3.43. The molecule has 2 N–H and O–H groups in total. The van der Waals surface area contributed by atoms with Crippen molar-refractivity contribution in [1.82, 2.24) is 14.3 Å². The Morgan fingerprint density at radius 3 is 2.63 bits per heavy atom. The van der Waals surface area contributed by atoms with Crippen molar-refractivity contribution in [2.45, 2.75) is 44.8 Å². The third kappa shape index (κ3) is 5.00. The number of hydrogen-bond donors (Lipinski definition) is 2. The molecule has 1 fully saturated rings. The second kappa shape index (κ2) is 6.99. The predicted octanol–water partition coefficient (Wildman–Crippen LogP) is 0.320. The number of methoxy groups -OCH3 is 1. The lowest BCUT2D eigenvalue weighted by molar-refractivity contribution is 0.0271. The molecule has 0 spiro atoms. The third-order valence-corrected chi connectivity index (χ3v) is 5.16. The zero-order chi connectivity index (χ0) is 14.5. The lowest BCUT2D eigenvalue weighted by Gasteiger charge is -2.35. The number of rotatable bonds is 7. The van der Waals surface area contributed by atoms with Crippen LogP contribution in [0.3, 0.4) is 0 Å². The van der Waals surface area contributed by atoms with Crippen molar-refractivity contribution in [2.24, 2.45) is 0 Å². The van der Waals surface area contributed by atoms with E-state index in [0.717, 1.165) is 19.3 Å². The minimum Gasteiger partial charge on any atom is -0.377 e. The molecule has 1 rings (SSSR count). The van der Waals surface area contributed by atoms with E-state index in [-0.39, 0.29) is 12.6 Å². The lowest BCUT2D eigenvalue weighted by atomic mass is 10.1. The fourth-order valence-electron chi connectivity index (χ4n) is 2.15. The van der Waals surface area contributed by atoms with Crippen LogP contribution >= 0.6 is 0 Å². The highest BCUT2D eigenvalue weighted by molar-refractivity contribution is 7.87. The molecule has 1 unspecified atom stereocenters. The largest absolute Gasteiger partial charge is 0.377 e. The van der Waals surface area contributed by atoms with E-state index in [9.17, 15) is 8.42 Å². The second-order valence-electron chi connectivity index (χ2n) is 5.61. The van der Waals surface area contributed by atoms with Crippen molar-refractivity contribution in [3.63, 3.8) is 0 Å². The quantitative estimate of drug-likeness (QED) is 0.709. The Labute approximate surface area is 117 Å². The van der Waals surface area contributed by atoms with Gasteiger partial charge in [-0.1, -0.05) is 6.42 Å². The second-order valence-corrected chi connectivity index (χ2v) is 7.32. The molecule has 0 radical (unpaired) electrons. The Balaban J connectivity index is 2.68. The fraction of sp³-hybridized carbons (Fsp3) is 1.00. The van der Waals surface area contributed by atoms with E-state index in [1.54, 1.807) is 11.4 Å². The highest BCUT2D eigenvalue weighted by Gasteiger charge is 2.32. The summed E-state index contributed by atoms with van der Waals surface area (Å²) in [5.74, 6) is 0. The van der Waals surface area contributed by atoms with Crippen molar-refractivity contribution in [2.75, 3.05) is 33.8 Å². The van der Waals surface area contributed by atoms with Gasteiger partial charge in [-0.3, -0.25) is 0 Å². The number of hydrogen-bond acceptors (Lipinski definition) is 4. The summed E-state index contributed by atoms with van der Waals surface area (Å²) in [6, 6.07) is 0.0434. The molecule has 1 aliphatic heterocycles. The Bertz CT molecular complexity index is 368. The van der Waals surface area contributed by atoms with E-state index in [2.05, 4.69) is 10.0 Å². The molecule has 0 aromatic rings.